The van der Waals surface area contributed by atoms with Crippen molar-refractivity contribution in [2.24, 2.45) is 7.05 Å². The van der Waals surface area contributed by atoms with Crippen molar-refractivity contribution in [1.82, 2.24) is 9.88 Å². The van der Waals surface area contributed by atoms with E-state index in [2.05, 4.69) is 29.1 Å². The quantitative estimate of drug-likeness (QED) is 0.899. The normalized spacial score (nSPS) is 10.4. The summed E-state index contributed by atoms with van der Waals surface area (Å²) >= 11 is 1.74. The van der Waals surface area contributed by atoms with Crippen molar-refractivity contribution in [1.29, 1.82) is 5.26 Å². The van der Waals surface area contributed by atoms with Gasteiger partial charge in [0.1, 0.15) is 11.8 Å². The van der Waals surface area contributed by atoms with Gasteiger partial charge in [-0.2, -0.15) is 16.6 Å². The predicted molar refractivity (Wildman–Crippen MR) is 69.7 cm³/mol. The lowest BCUT2D eigenvalue weighted by Crippen LogP contribution is -2.12. The molecule has 0 aliphatic heterocycles. The van der Waals surface area contributed by atoms with Gasteiger partial charge in [-0.05, 0) is 40.4 Å². The first kappa shape index (κ1) is 11.9. The Labute approximate surface area is 105 Å². The number of aryl methyl sites for hydroxylation is 2. The minimum Gasteiger partial charge on any atom is -0.342 e. The third-order valence-corrected chi connectivity index (χ3v) is 3.69. The summed E-state index contributed by atoms with van der Waals surface area (Å²) in [6, 6.07) is 4.09. The fourth-order valence-corrected chi connectivity index (χ4v) is 2.61. The van der Waals surface area contributed by atoms with Crippen molar-refractivity contribution in [2.75, 3.05) is 0 Å². The van der Waals surface area contributed by atoms with Crippen molar-refractivity contribution in [3.8, 4) is 6.07 Å². The maximum Gasteiger partial charge on any atom is 0.120 e. The molecule has 0 saturated heterocycles. The lowest BCUT2D eigenvalue weighted by Gasteiger charge is -2.02. The zero-order chi connectivity index (χ0) is 12.3. The van der Waals surface area contributed by atoms with Gasteiger partial charge < -0.3 is 9.88 Å². The molecule has 1 N–H and O–H groups in total. The summed E-state index contributed by atoms with van der Waals surface area (Å²) in [5, 5.41) is 16.6. The topological polar surface area (TPSA) is 40.8 Å². The third-order valence-electron chi connectivity index (χ3n) is 2.78. The van der Waals surface area contributed by atoms with Gasteiger partial charge in [0.25, 0.3) is 0 Å². The second kappa shape index (κ2) is 5.17. The minimum absolute atomic E-state index is 0.702. The lowest BCUT2D eigenvalue weighted by molar-refractivity contribution is 0.691. The monoisotopic (exact) mass is 245 g/mol. The van der Waals surface area contributed by atoms with Crippen molar-refractivity contribution < 1.29 is 0 Å². The molecule has 0 saturated carbocycles. The van der Waals surface area contributed by atoms with Gasteiger partial charge in [-0.25, -0.2) is 0 Å². The average Bonchev–Trinajstić information content (AvgIpc) is 2.86. The molecule has 0 radical (unpaired) electrons. The summed E-state index contributed by atoms with van der Waals surface area (Å²) in [5.74, 6) is 0. The molecule has 0 spiro atoms. The zero-order valence-corrected chi connectivity index (χ0v) is 10.8. The van der Waals surface area contributed by atoms with E-state index < -0.39 is 0 Å². The molecule has 0 bridgehead atoms. The Hall–Kier alpha value is -1.57. The van der Waals surface area contributed by atoms with E-state index in [4.69, 9.17) is 5.26 Å². The molecule has 0 amide bonds. The van der Waals surface area contributed by atoms with Crippen LogP contribution in [0.3, 0.4) is 0 Å². The molecule has 0 aliphatic carbocycles. The lowest BCUT2D eigenvalue weighted by atomic mass is 10.2. The summed E-state index contributed by atoms with van der Waals surface area (Å²) in [7, 11) is 1.89. The molecule has 0 aliphatic rings. The summed E-state index contributed by atoms with van der Waals surface area (Å²) < 4.78 is 1.85. The molecular formula is C13H15N3S. The highest BCUT2D eigenvalue weighted by Gasteiger charge is 2.03. The molecule has 0 atom stereocenters. The number of rotatable bonds is 4. The number of aromatic nitrogens is 1. The predicted octanol–water partition coefficient (Wildman–Crippen LogP) is 2.56. The minimum atomic E-state index is 0.702. The van der Waals surface area contributed by atoms with Gasteiger partial charge in [0.05, 0.1) is 0 Å². The van der Waals surface area contributed by atoms with Crippen LogP contribution in [0.1, 0.15) is 22.4 Å². The zero-order valence-electron chi connectivity index (χ0n) is 10.0. The number of thiophene rings is 1. The van der Waals surface area contributed by atoms with Crippen LogP contribution < -0.4 is 5.32 Å². The van der Waals surface area contributed by atoms with Crippen LogP contribution in [0.2, 0.25) is 0 Å². The standard InChI is InChI=1S/C13H15N3S/c1-10-8-17-9-12(10)6-15-5-11-3-13(4-14)16(2)7-11/h3,7-9,15H,5-6H2,1-2H3. The summed E-state index contributed by atoms with van der Waals surface area (Å²) in [6.07, 6.45) is 1.99. The number of hydrogen-bond acceptors (Lipinski definition) is 3. The fraction of sp³-hybridized carbons (Fsp3) is 0.308. The van der Waals surface area contributed by atoms with Gasteiger partial charge in [0.2, 0.25) is 0 Å². The smallest absolute Gasteiger partial charge is 0.120 e. The first-order chi connectivity index (χ1) is 8.20. The average molecular weight is 245 g/mol. The van der Waals surface area contributed by atoms with Crippen LogP contribution in [-0.2, 0) is 20.1 Å². The summed E-state index contributed by atoms with van der Waals surface area (Å²) in [6.45, 7) is 3.81. The Morgan fingerprint density at radius 3 is 2.82 bits per heavy atom. The Kier molecular flexibility index (Phi) is 3.62. The van der Waals surface area contributed by atoms with E-state index in [1.165, 1.54) is 11.1 Å². The van der Waals surface area contributed by atoms with Crippen LogP contribution in [0.4, 0.5) is 0 Å². The molecule has 2 aromatic heterocycles. The molecular weight excluding hydrogens is 230 g/mol. The van der Waals surface area contributed by atoms with E-state index in [0.29, 0.717) is 5.69 Å². The molecule has 88 valence electrons. The highest BCUT2D eigenvalue weighted by molar-refractivity contribution is 7.08. The molecule has 2 rings (SSSR count). The van der Waals surface area contributed by atoms with Crippen molar-refractivity contribution in [3.63, 3.8) is 0 Å². The van der Waals surface area contributed by atoms with Crippen LogP contribution >= 0.6 is 11.3 Å². The van der Waals surface area contributed by atoms with E-state index in [1.807, 2.05) is 23.9 Å². The van der Waals surface area contributed by atoms with E-state index in [0.717, 1.165) is 18.7 Å². The first-order valence-electron chi connectivity index (χ1n) is 5.48. The maximum absolute atomic E-state index is 8.85. The molecule has 0 fully saturated rings. The maximum atomic E-state index is 8.85. The Balaban J connectivity index is 1.90. The second-order valence-electron chi connectivity index (χ2n) is 4.14. The van der Waals surface area contributed by atoms with Crippen LogP contribution in [-0.4, -0.2) is 4.57 Å². The summed E-state index contributed by atoms with van der Waals surface area (Å²) in [4.78, 5) is 0. The number of nitrogens with zero attached hydrogens (tertiary/aromatic N) is 2. The van der Waals surface area contributed by atoms with Gasteiger partial charge >= 0.3 is 0 Å². The largest absolute Gasteiger partial charge is 0.342 e. The van der Waals surface area contributed by atoms with Crippen molar-refractivity contribution in [2.45, 2.75) is 20.0 Å². The van der Waals surface area contributed by atoms with Gasteiger partial charge in [-0.1, -0.05) is 0 Å². The van der Waals surface area contributed by atoms with Crippen LogP contribution in [0.15, 0.2) is 23.0 Å². The third kappa shape index (κ3) is 2.76. The van der Waals surface area contributed by atoms with Gasteiger partial charge in [-0.3, -0.25) is 0 Å². The molecule has 4 heteroatoms. The van der Waals surface area contributed by atoms with Gasteiger partial charge in [-0.15, -0.1) is 0 Å². The Morgan fingerprint density at radius 1 is 1.41 bits per heavy atom. The van der Waals surface area contributed by atoms with Gasteiger partial charge in [0.15, 0.2) is 0 Å². The Morgan fingerprint density at radius 2 is 2.24 bits per heavy atom. The van der Waals surface area contributed by atoms with E-state index >= 15 is 0 Å². The second-order valence-corrected chi connectivity index (χ2v) is 4.88. The van der Waals surface area contributed by atoms with Gasteiger partial charge in [0, 0.05) is 26.3 Å². The van der Waals surface area contributed by atoms with Crippen molar-refractivity contribution in [3.05, 3.63) is 45.4 Å². The highest BCUT2D eigenvalue weighted by atomic mass is 32.1. The van der Waals surface area contributed by atoms with Crippen LogP contribution in [0, 0.1) is 18.3 Å². The fourth-order valence-electron chi connectivity index (χ4n) is 1.75. The molecule has 2 heterocycles. The Bertz CT molecular complexity index is 545. The molecule has 17 heavy (non-hydrogen) atoms. The van der Waals surface area contributed by atoms with Crippen LogP contribution in [0.5, 0.6) is 0 Å². The van der Waals surface area contributed by atoms with E-state index in [1.54, 1.807) is 11.3 Å². The van der Waals surface area contributed by atoms with E-state index in [9.17, 15) is 0 Å². The highest BCUT2D eigenvalue weighted by Crippen LogP contribution is 2.13. The van der Waals surface area contributed by atoms with Crippen molar-refractivity contribution >= 4 is 11.3 Å². The molecule has 2 aromatic rings. The number of nitriles is 1. The molecule has 0 aromatic carbocycles. The number of nitrogens with one attached hydrogen (secondary N) is 1. The van der Waals surface area contributed by atoms with Crippen LogP contribution in [0.25, 0.3) is 0 Å². The van der Waals surface area contributed by atoms with E-state index in [-0.39, 0.29) is 0 Å². The SMILES string of the molecule is Cc1cscc1CNCc1cc(C#N)n(C)c1. The number of hydrogen-bond donors (Lipinski definition) is 1. The molecule has 0 unspecified atom stereocenters. The molecule has 3 nitrogen and oxygen atoms in total. The summed E-state index contributed by atoms with van der Waals surface area (Å²) in [5.41, 5.74) is 4.55. The first-order valence-corrected chi connectivity index (χ1v) is 6.42.